The van der Waals surface area contributed by atoms with Crippen LogP contribution in [-0.4, -0.2) is 38.5 Å². The first-order valence-electron chi connectivity index (χ1n) is 9.57. The van der Waals surface area contributed by atoms with Gasteiger partial charge < -0.3 is 15.9 Å². The second-order valence-electron chi connectivity index (χ2n) is 7.49. The first-order chi connectivity index (χ1) is 14.9. The van der Waals surface area contributed by atoms with E-state index >= 15 is 0 Å². The van der Waals surface area contributed by atoms with Crippen molar-refractivity contribution in [2.45, 2.75) is 30.5 Å². The fourth-order valence-electron chi connectivity index (χ4n) is 3.08. The zero-order valence-corrected chi connectivity index (χ0v) is 21.5. The lowest BCUT2D eigenvalue weighted by Gasteiger charge is -2.37. The van der Waals surface area contributed by atoms with Gasteiger partial charge in [-0.2, -0.15) is 17.5 Å². The van der Waals surface area contributed by atoms with E-state index in [0.29, 0.717) is 11.1 Å². The molecular formula is C21H30F3IN4O3S. The first-order valence-corrected chi connectivity index (χ1v) is 11.0. The van der Waals surface area contributed by atoms with Gasteiger partial charge in [0, 0.05) is 27.0 Å². The maximum atomic E-state index is 13.4. The van der Waals surface area contributed by atoms with E-state index in [4.69, 9.17) is 16.3 Å². The van der Waals surface area contributed by atoms with Gasteiger partial charge in [-0.25, -0.2) is 8.42 Å². The van der Waals surface area contributed by atoms with Crippen LogP contribution in [0, 0.1) is 0 Å². The molecule has 12 heteroatoms. The van der Waals surface area contributed by atoms with Gasteiger partial charge in [0.2, 0.25) is 10.0 Å². The molecule has 2 rings (SSSR count). The molecule has 0 aliphatic heterocycles. The van der Waals surface area contributed by atoms with Crippen LogP contribution in [0.1, 0.15) is 20.8 Å². The maximum Gasteiger partial charge on any atom is 0.416 e. The van der Waals surface area contributed by atoms with Gasteiger partial charge in [0.05, 0.1) is 22.6 Å². The third-order valence-corrected chi connectivity index (χ3v) is 7.14. The molecule has 0 amide bonds. The number of rotatable bonds is 9. The number of sulfonamides is 1. The van der Waals surface area contributed by atoms with Gasteiger partial charge >= 0.3 is 6.18 Å². The molecule has 2 aromatic rings. The lowest BCUT2D eigenvalue weighted by Crippen LogP contribution is -2.52. The molecule has 0 saturated heterocycles. The van der Waals surface area contributed by atoms with Crippen LogP contribution in [0.3, 0.4) is 0 Å². The molecule has 0 bridgehead atoms. The largest absolute Gasteiger partial charge is 0.416 e. The Kier molecular flexibility index (Phi) is 10.2. The van der Waals surface area contributed by atoms with Crippen LogP contribution in [0.2, 0.25) is 0 Å². The van der Waals surface area contributed by atoms with Crippen LogP contribution < -0.4 is 17.0 Å². The molecule has 0 saturated carbocycles. The fraction of sp³-hybridized carbons (Fsp3) is 0.333. The summed E-state index contributed by atoms with van der Waals surface area (Å²) in [5, 5.41) is 0. The predicted molar refractivity (Wildman–Crippen MR) is 134 cm³/mol. The SMILES string of the molecule is COCCN(C(C)(C)/C(N)=C/NN)S(=O)(=O)c1ccc(-c2ccc(C(F)(F)F)cc2)cc1.I.[HH]. The summed E-state index contributed by atoms with van der Waals surface area (Å²) in [6, 6.07) is 10.5. The molecular weight excluding hydrogens is 572 g/mol. The molecule has 0 aliphatic rings. The highest BCUT2D eigenvalue weighted by atomic mass is 127. The smallest absolute Gasteiger partial charge is 0.399 e. The monoisotopic (exact) mass is 602 g/mol. The molecule has 0 spiro atoms. The Bertz CT molecular complexity index is 1050. The minimum Gasteiger partial charge on any atom is -0.399 e. The molecule has 0 aliphatic carbocycles. The number of halogens is 4. The first kappa shape index (κ1) is 29.2. The Balaban J connectivity index is 0.00000544. The third kappa shape index (κ3) is 6.82. The van der Waals surface area contributed by atoms with Gasteiger partial charge in [-0.1, -0.05) is 24.3 Å². The number of nitrogens with zero attached hydrogens (tertiary/aromatic N) is 1. The predicted octanol–water partition coefficient (Wildman–Crippen LogP) is 3.92. The molecule has 0 unspecified atom stereocenters. The highest BCUT2D eigenvalue weighted by molar-refractivity contribution is 14.0. The van der Waals surface area contributed by atoms with Crippen molar-refractivity contribution in [2.24, 2.45) is 11.6 Å². The standard InChI is InChI=1S/C21H27F3N4O3S.HI.H2/c1-20(2,19(25)14-27-26)28(12-13-31-3)32(29,30)18-10-6-16(7-11-18)15-4-8-17(9-5-15)21(22,23)24;;/h4-11,14,27H,12-13,25-26H2,1-3H3;2*1H/b19-14-;;. The van der Waals surface area contributed by atoms with E-state index in [0.717, 1.165) is 12.1 Å². The van der Waals surface area contributed by atoms with Crippen LogP contribution in [0.25, 0.3) is 11.1 Å². The maximum absolute atomic E-state index is 13.4. The molecule has 0 radical (unpaired) electrons. The number of benzene rings is 2. The van der Waals surface area contributed by atoms with Gasteiger partial charge in [0.1, 0.15) is 0 Å². The molecule has 7 nitrogen and oxygen atoms in total. The van der Waals surface area contributed by atoms with Gasteiger partial charge in [0.25, 0.3) is 0 Å². The van der Waals surface area contributed by atoms with Crippen molar-refractivity contribution in [2.75, 3.05) is 20.3 Å². The lowest BCUT2D eigenvalue weighted by atomic mass is 10.0. The summed E-state index contributed by atoms with van der Waals surface area (Å²) in [5.74, 6) is 5.29. The van der Waals surface area contributed by atoms with E-state index in [1.54, 1.807) is 13.8 Å². The second-order valence-corrected chi connectivity index (χ2v) is 9.36. The highest BCUT2D eigenvalue weighted by Gasteiger charge is 2.39. The topological polar surface area (TPSA) is 111 Å². The Hall–Kier alpha value is -1.87. The normalized spacial score (nSPS) is 13.0. The van der Waals surface area contributed by atoms with Gasteiger partial charge in [-0.15, -0.1) is 24.0 Å². The van der Waals surface area contributed by atoms with Crippen molar-refractivity contribution < 1.29 is 27.8 Å². The number of alkyl halides is 3. The van der Waals surface area contributed by atoms with Crippen molar-refractivity contribution in [1.29, 1.82) is 0 Å². The van der Waals surface area contributed by atoms with E-state index in [2.05, 4.69) is 5.43 Å². The molecule has 0 heterocycles. The summed E-state index contributed by atoms with van der Waals surface area (Å²) in [7, 11) is -2.55. The zero-order chi connectivity index (χ0) is 24.2. The van der Waals surface area contributed by atoms with Crippen molar-refractivity contribution in [3.63, 3.8) is 0 Å². The van der Waals surface area contributed by atoms with E-state index in [-0.39, 0.29) is 49.1 Å². The van der Waals surface area contributed by atoms with Crippen molar-refractivity contribution in [3.8, 4) is 11.1 Å². The van der Waals surface area contributed by atoms with Gasteiger partial charge in [0.15, 0.2) is 0 Å². The summed E-state index contributed by atoms with van der Waals surface area (Å²) >= 11 is 0. The number of hydrogen-bond acceptors (Lipinski definition) is 6. The number of nitrogens with two attached hydrogens (primary N) is 2. The summed E-state index contributed by atoms with van der Waals surface area (Å²) in [6.07, 6.45) is -3.12. The number of ether oxygens (including phenoxy) is 1. The molecule has 2 aromatic carbocycles. The van der Waals surface area contributed by atoms with E-state index in [9.17, 15) is 21.6 Å². The Morgan fingerprint density at radius 3 is 2.00 bits per heavy atom. The Morgan fingerprint density at radius 1 is 1.09 bits per heavy atom. The van der Waals surface area contributed by atoms with E-state index in [1.165, 1.54) is 54.0 Å². The van der Waals surface area contributed by atoms with E-state index in [1.807, 2.05) is 0 Å². The minimum absolute atomic E-state index is 0. The summed E-state index contributed by atoms with van der Waals surface area (Å²) in [4.78, 5) is 0.00541. The van der Waals surface area contributed by atoms with Gasteiger partial charge in [-0.3, -0.25) is 5.84 Å². The second kappa shape index (κ2) is 11.5. The number of hydrogen-bond donors (Lipinski definition) is 3. The lowest BCUT2D eigenvalue weighted by molar-refractivity contribution is -0.137. The average molecular weight is 602 g/mol. The van der Waals surface area contributed by atoms with Gasteiger partial charge in [-0.05, 0) is 49.2 Å². The number of methoxy groups -OCH3 is 1. The molecule has 0 aromatic heterocycles. The Labute approximate surface area is 210 Å². The van der Waals surface area contributed by atoms with Crippen molar-refractivity contribution in [3.05, 3.63) is 66.0 Å². The number of nitrogens with one attached hydrogen (secondary N) is 1. The fourth-order valence-corrected chi connectivity index (χ4v) is 4.84. The number of hydrazine groups is 1. The van der Waals surface area contributed by atoms with Crippen LogP contribution in [0.5, 0.6) is 0 Å². The third-order valence-electron chi connectivity index (χ3n) is 5.06. The molecule has 5 N–H and O–H groups in total. The minimum atomic E-state index is -4.43. The zero-order valence-electron chi connectivity index (χ0n) is 18.4. The Morgan fingerprint density at radius 2 is 1.58 bits per heavy atom. The molecule has 186 valence electrons. The van der Waals surface area contributed by atoms with E-state index < -0.39 is 27.3 Å². The highest BCUT2D eigenvalue weighted by Crippen LogP contribution is 2.32. The summed E-state index contributed by atoms with van der Waals surface area (Å²) < 4.78 is 71.4. The molecule has 33 heavy (non-hydrogen) atoms. The summed E-state index contributed by atoms with van der Waals surface area (Å²) in [6.45, 7) is 3.45. The van der Waals surface area contributed by atoms with Crippen molar-refractivity contribution in [1.82, 2.24) is 9.73 Å². The molecule has 0 atom stereocenters. The van der Waals surface area contributed by atoms with Crippen LogP contribution in [-0.2, 0) is 20.9 Å². The average Bonchev–Trinajstić information content (AvgIpc) is 2.73. The van der Waals surface area contributed by atoms with Crippen molar-refractivity contribution >= 4 is 34.0 Å². The van der Waals surface area contributed by atoms with Crippen LogP contribution >= 0.6 is 24.0 Å². The molecule has 0 fully saturated rings. The van der Waals surface area contributed by atoms with Crippen LogP contribution in [0.15, 0.2) is 65.3 Å². The summed E-state index contributed by atoms with van der Waals surface area (Å²) in [5.41, 5.74) is 7.76. The quantitative estimate of drug-likeness (QED) is 0.228. The van der Waals surface area contributed by atoms with Crippen LogP contribution in [0.4, 0.5) is 13.2 Å².